The number of rotatable bonds is 8. The Kier molecular flexibility index (Phi) is 7.03. The van der Waals surface area contributed by atoms with Crippen molar-refractivity contribution in [2.75, 3.05) is 39.8 Å². The van der Waals surface area contributed by atoms with Crippen LogP contribution in [0.25, 0.3) is 0 Å². The van der Waals surface area contributed by atoms with E-state index in [1.807, 2.05) is 12.1 Å². The Morgan fingerprint density at radius 2 is 1.78 bits per heavy atom. The van der Waals surface area contributed by atoms with Gasteiger partial charge in [-0.1, -0.05) is 12.1 Å². The second-order valence-corrected chi connectivity index (χ2v) is 5.81. The van der Waals surface area contributed by atoms with Crippen LogP contribution in [0.5, 0.6) is 0 Å². The first-order valence-corrected chi connectivity index (χ1v) is 8.20. The molecule has 1 aliphatic rings. The van der Waals surface area contributed by atoms with Gasteiger partial charge in [-0.3, -0.25) is 9.59 Å². The SMILES string of the molecule is CNCC(=O)NCc1ccc(C(=O)NCCN2CCCC2)cc1. The van der Waals surface area contributed by atoms with Gasteiger partial charge in [-0.2, -0.15) is 0 Å². The van der Waals surface area contributed by atoms with Crippen LogP contribution in [0, 0.1) is 0 Å². The van der Waals surface area contributed by atoms with Gasteiger partial charge in [0.25, 0.3) is 5.91 Å². The Labute approximate surface area is 137 Å². The van der Waals surface area contributed by atoms with Gasteiger partial charge in [0.1, 0.15) is 0 Å². The lowest BCUT2D eigenvalue weighted by molar-refractivity contribution is -0.120. The Bertz CT molecular complexity index is 510. The molecule has 2 amide bonds. The van der Waals surface area contributed by atoms with Crippen LogP contribution in [0.4, 0.5) is 0 Å². The van der Waals surface area contributed by atoms with Crippen molar-refractivity contribution in [1.29, 1.82) is 0 Å². The van der Waals surface area contributed by atoms with E-state index in [0.717, 1.165) is 25.2 Å². The normalized spacial score (nSPS) is 14.7. The van der Waals surface area contributed by atoms with Gasteiger partial charge in [-0.25, -0.2) is 0 Å². The molecule has 1 heterocycles. The van der Waals surface area contributed by atoms with E-state index < -0.39 is 0 Å². The summed E-state index contributed by atoms with van der Waals surface area (Å²) in [5.41, 5.74) is 1.62. The second-order valence-electron chi connectivity index (χ2n) is 5.81. The molecule has 6 nitrogen and oxygen atoms in total. The topological polar surface area (TPSA) is 73.5 Å². The Hall–Kier alpha value is -1.92. The third-order valence-electron chi connectivity index (χ3n) is 3.96. The molecule has 0 unspecified atom stereocenters. The second kappa shape index (κ2) is 9.27. The van der Waals surface area contributed by atoms with Crippen LogP contribution in [0.2, 0.25) is 0 Å². The lowest BCUT2D eigenvalue weighted by Gasteiger charge is -2.14. The third kappa shape index (κ3) is 6.00. The summed E-state index contributed by atoms with van der Waals surface area (Å²) < 4.78 is 0. The number of hydrogen-bond acceptors (Lipinski definition) is 4. The number of nitrogens with zero attached hydrogens (tertiary/aromatic N) is 1. The zero-order valence-corrected chi connectivity index (χ0v) is 13.7. The first kappa shape index (κ1) is 17.4. The number of benzene rings is 1. The molecule has 1 saturated heterocycles. The van der Waals surface area contributed by atoms with Crippen molar-refractivity contribution >= 4 is 11.8 Å². The van der Waals surface area contributed by atoms with Crippen LogP contribution < -0.4 is 16.0 Å². The maximum absolute atomic E-state index is 12.1. The molecule has 1 aliphatic heterocycles. The van der Waals surface area contributed by atoms with Crippen LogP contribution in [-0.4, -0.2) is 56.5 Å². The largest absolute Gasteiger partial charge is 0.351 e. The molecule has 0 aliphatic carbocycles. The van der Waals surface area contributed by atoms with E-state index in [2.05, 4.69) is 20.9 Å². The fourth-order valence-electron chi connectivity index (χ4n) is 2.63. The third-order valence-corrected chi connectivity index (χ3v) is 3.96. The average molecular weight is 318 g/mol. The van der Waals surface area contributed by atoms with Crippen LogP contribution in [0.1, 0.15) is 28.8 Å². The molecule has 0 radical (unpaired) electrons. The number of likely N-dealkylation sites (N-methyl/N-ethyl adjacent to an activating group) is 1. The van der Waals surface area contributed by atoms with Crippen LogP contribution in [-0.2, 0) is 11.3 Å². The van der Waals surface area contributed by atoms with E-state index in [9.17, 15) is 9.59 Å². The van der Waals surface area contributed by atoms with E-state index >= 15 is 0 Å². The molecule has 0 atom stereocenters. The number of nitrogens with one attached hydrogen (secondary N) is 3. The number of amides is 2. The molecule has 3 N–H and O–H groups in total. The molecule has 2 rings (SSSR count). The summed E-state index contributed by atoms with van der Waals surface area (Å²) >= 11 is 0. The molecule has 0 spiro atoms. The van der Waals surface area contributed by atoms with Crippen molar-refractivity contribution < 1.29 is 9.59 Å². The predicted octanol–water partition coefficient (Wildman–Crippen LogP) is 0.348. The molecule has 0 saturated carbocycles. The Balaban J connectivity index is 1.72. The van der Waals surface area contributed by atoms with Gasteiger partial charge in [0.05, 0.1) is 6.54 Å². The minimum atomic E-state index is -0.0463. The minimum Gasteiger partial charge on any atom is -0.351 e. The molecule has 0 bridgehead atoms. The van der Waals surface area contributed by atoms with Gasteiger partial charge >= 0.3 is 0 Å². The van der Waals surface area contributed by atoms with Crippen LogP contribution in [0.3, 0.4) is 0 Å². The van der Waals surface area contributed by atoms with Crippen molar-refractivity contribution in [3.05, 3.63) is 35.4 Å². The number of likely N-dealkylation sites (tertiary alicyclic amines) is 1. The molecule has 23 heavy (non-hydrogen) atoms. The summed E-state index contributed by atoms with van der Waals surface area (Å²) in [4.78, 5) is 25.8. The smallest absolute Gasteiger partial charge is 0.251 e. The molecular formula is C17H26N4O2. The van der Waals surface area contributed by atoms with Gasteiger partial charge < -0.3 is 20.9 Å². The van der Waals surface area contributed by atoms with Crippen molar-refractivity contribution in [3.8, 4) is 0 Å². The highest BCUT2D eigenvalue weighted by Gasteiger charge is 2.11. The zero-order chi connectivity index (χ0) is 16.5. The van der Waals surface area contributed by atoms with Crippen molar-refractivity contribution in [1.82, 2.24) is 20.9 Å². The van der Waals surface area contributed by atoms with Crippen LogP contribution in [0.15, 0.2) is 24.3 Å². The average Bonchev–Trinajstić information content (AvgIpc) is 3.07. The van der Waals surface area contributed by atoms with Gasteiger partial charge in [-0.05, 0) is 50.7 Å². The maximum atomic E-state index is 12.1. The van der Waals surface area contributed by atoms with Gasteiger partial charge in [0.15, 0.2) is 0 Å². The molecular weight excluding hydrogens is 292 g/mol. The number of hydrogen-bond donors (Lipinski definition) is 3. The van der Waals surface area contributed by atoms with Gasteiger partial charge in [0.2, 0.25) is 5.91 Å². The number of carbonyl (C=O) groups excluding carboxylic acids is 2. The van der Waals surface area contributed by atoms with E-state index in [1.165, 1.54) is 12.8 Å². The quantitative estimate of drug-likeness (QED) is 0.647. The zero-order valence-electron chi connectivity index (χ0n) is 13.7. The van der Waals surface area contributed by atoms with Crippen molar-refractivity contribution in [3.63, 3.8) is 0 Å². The molecule has 1 aromatic rings. The summed E-state index contributed by atoms with van der Waals surface area (Å²) in [6.07, 6.45) is 2.53. The first-order chi connectivity index (χ1) is 11.2. The molecule has 1 aromatic carbocycles. The van der Waals surface area contributed by atoms with E-state index in [1.54, 1.807) is 19.2 Å². The Morgan fingerprint density at radius 1 is 1.09 bits per heavy atom. The monoisotopic (exact) mass is 318 g/mol. The summed E-state index contributed by atoms with van der Waals surface area (Å²) in [6.45, 7) is 4.66. The van der Waals surface area contributed by atoms with Crippen molar-refractivity contribution in [2.24, 2.45) is 0 Å². The van der Waals surface area contributed by atoms with E-state index in [0.29, 0.717) is 25.2 Å². The highest BCUT2D eigenvalue weighted by Crippen LogP contribution is 2.06. The van der Waals surface area contributed by atoms with E-state index in [4.69, 9.17) is 0 Å². The van der Waals surface area contributed by atoms with Gasteiger partial charge in [-0.15, -0.1) is 0 Å². The molecule has 1 fully saturated rings. The number of carbonyl (C=O) groups is 2. The van der Waals surface area contributed by atoms with E-state index in [-0.39, 0.29) is 11.8 Å². The Morgan fingerprint density at radius 3 is 2.43 bits per heavy atom. The highest BCUT2D eigenvalue weighted by atomic mass is 16.2. The van der Waals surface area contributed by atoms with Crippen LogP contribution >= 0.6 is 0 Å². The minimum absolute atomic E-state index is 0.0452. The maximum Gasteiger partial charge on any atom is 0.251 e. The van der Waals surface area contributed by atoms with Crippen molar-refractivity contribution in [2.45, 2.75) is 19.4 Å². The highest BCUT2D eigenvalue weighted by molar-refractivity contribution is 5.94. The summed E-state index contributed by atoms with van der Waals surface area (Å²) in [6, 6.07) is 7.33. The van der Waals surface area contributed by atoms with Gasteiger partial charge in [0, 0.05) is 25.2 Å². The predicted molar refractivity (Wildman–Crippen MR) is 90.2 cm³/mol. The first-order valence-electron chi connectivity index (χ1n) is 8.20. The summed E-state index contributed by atoms with van der Waals surface area (Å²) in [5.74, 6) is -0.0915. The standard InChI is InChI=1S/C17H26N4O2/c1-18-13-16(22)20-12-14-4-6-15(7-5-14)17(23)19-8-11-21-9-2-3-10-21/h4-7,18H,2-3,8-13H2,1H3,(H,19,23)(H,20,22). The molecule has 0 aromatic heterocycles. The lowest BCUT2D eigenvalue weighted by Crippen LogP contribution is -2.33. The fourth-order valence-corrected chi connectivity index (χ4v) is 2.63. The molecule has 126 valence electrons. The summed E-state index contributed by atoms with van der Waals surface area (Å²) in [7, 11) is 1.73. The molecule has 6 heteroatoms. The lowest BCUT2D eigenvalue weighted by atomic mass is 10.1. The fraction of sp³-hybridized carbons (Fsp3) is 0.529. The summed E-state index contributed by atoms with van der Waals surface area (Å²) in [5, 5.41) is 8.56.